The second-order valence-electron chi connectivity index (χ2n) is 3.98. The maximum absolute atomic E-state index is 11.0. The number of nitrogens with zero attached hydrogens (tertiary/aromatic N) is 1. The van der Waals surface area contributed by atoms with E-state index in [1.54, 1.807) is 12.1 Å². The smallest absolute Gasteiger partial charge is 0.356 e. The van der Waals surface area contributed by atoms with Crippen LogP contribution in [0.5, 0.6) is 0 Å². The molecule has 0 unspecified atom stereocenters. The van der Waals surface area contributed by atoms with Crippen molar-refractivity contribution in [2.75, 3.05) is 5.32 Å². The van der Waals surface area contributed by atoms with Crippen molar-refractivity contribution in [1.82, 2.24) is 4.98 Å². The van der Waals surface area contributed by atoms with E-state index in [1.807, 2.05) is 31.2 Å². The number of nitrogens with one attached hydrogen (secondary N) is 1. The highest BCUT2D eigenvalue weighted by Gasteiger charge is 2.10. The predicted molar refractivity (Wildman–Crippen MR) is 69.7 cm³/mol. The fourth-order valence-corrected chi connectivity index (χ4v) is 1.72. The molecule has 0 amide bonds. The molecule has 4 heteroatoms. The predicted octanol–water partition coefficient (Wildman–Crippen LogP) is 2.70. The Morgan fingerprint density at radius 3 is 2.78 bits per heavy atom. The minimum absolute atomic E-state index is 0.0473. The Kier molecular flexibility index (Phi) is 3.57. The third-order valence-electron chi connectivity index (χ3n) is 2.74. The standard InChI is InChI=1S/C14H14N2O2/c1-10-5-2-3-6-11(10)9-16-12-7-4-8-15-13(12)14(17)18/h2-8,16H,9H2,1H3,(H,17,18). The zero-order valence-corrected chi connectivity index (χ0v) is 10.1. The summed E-state index contributed by atoms with van der Waals surface area (Å²) in [5.74, 6) is -1.03. The number of carboxylic acid groups (broad SMARTS) is 1. The SMILES string of the molecule is Cc1ccccc1CNc1cccnc1C(=O)O. The molecular weight excluding hydrogens is 228 g/mol. The highest BCUT2D eigenvalue weighted by molar-refractivity contribution is 5.91. The molecule has 2 rings (SSSR count). The topological polar surface area (TPSA) is 62.2 Å². The number of aromatic nitrogens is 1. The van der Waals surface area contributed by atoms with Gasteiger partial charge in [-0.2, -0.15) is 0 Å². The number of carbonyl (C=O) groups is 1. The Morgan fingerprint density at radius 2 is 2.06 bits per heavy atom. The number of aryl methyl sites for hydroxylation is 1. The molecule has 0 atom stereocenters. The molecule has 1 heterocycles. The summed E-state index contributed by atoms with van der Waals surface area (Å²) in [7, 11) is 0. The Morgan fingerprint density at radius 1 is 1.28 bits per heavy atom. The van der Waals surface area contributed by atoms with Gasteiger partial charge in [0.15, 0.2) is 5.69 Å². The third kappa shape index (κ3) is 2.66. The molecule has 1 aromatic heterocycles. The first-order chi connectivity index (χ1) is 8.68. The van der Waals surface area contributed by atoms with Gasteiger partial charge in [-0.25, -0.2) is 9.78 Å². The molecule has 1 aromatic carbocycles. The van der Waals surface area contributed by atoms with Crippen LogP contribution in [-0.4, -0.2) is 16.1 Å². The van der Waals surface area contributed by atoms with Crippen molar-refractivity contribution in [2.24, 2.45) is 0 Å². The van der Waals surface area contributed by atoms with Crippen molar-refractivity contribution in [1.29, 1.82) is 0 Å². The fraction of sp³-hybridized carbons (Fsp3) is 0.143. The molecule has 0 bridgehead atoms. The van der Waals surface area contributed by atoms with E-state index in [9.17, 15) is 4.79 Å². The van der Waals surface area contributed by atoms with Gasteiger partial charge in [0.25, 0.3) is 0 Å². The van der Waals surface area contributed by atoms with Gasteiger partial charge in [0, 0.05) is 12.7 Å². The number of anilines is 1. The van der Waals surface area contributed by atoms with Crippen LogP contribution in [0.1, 0.15) is 21.6 Å². The Balaban J connectivity index is 2.16. The Hall–Kier alpha value is -2.36. The molecule has 0 radical (unpaired) electrons. The number of hydrogen-bond acceptors (Lipinski definition) is 3. The van der Waals surface area contributed by atoms with Crippen molar-refractivity contribution in [3.63, 3.8) is 0 Å². The van der Waals surface area contributed by atoms with Crippen LogP contribution < -0.4 is 5.32 Å². The van der Waals surface area contributed by atoms with Gasteiger partial charge in [-0.1, -0.05) is 24.3 Å². The Labute approximate surface area is 105 Å². The van der Waals surface area contributed by atoms with Crippen molar-refractivity contribution >= 4 is 11.7 Å². The molecular formula is C14H14N2O2. The van der Waals surface area contributed by atoms with E-state index >= 15 is 0 Å². The van der Waals surface area contributed by atoms with Crippen molar-refractivity contribution in [3.8, 4) is 0 Å². The van der Waals surface area contributed by atoms with E-state index in [4.69, 9.17) is 5.11 Å². The van der Waals surface area contributed by atoms with Crippen LogP contribution in [-0.2, 0) is 6.54 Å². The number of rotatable bonds is 4. The van der Waals surface area contributed by atoms with Gasteiger partial charge in [-0.05, 0) is 30.2 Å². The van der Waals surface area contributed by atoms with Gasteiger partial charge in [0.1, 0.15) is 0 Å². The van der Waals surface area contributed by atoms with Gasteiger partial charge in [-0.3, -0.25) is 0 Å². The van der Waals surface area contributed by atoms with Gasteiger partial charge < -0.3 is 10.4 Å². The molecule has 92 valence electrons. The maximum Gasteiger partial charge on any atom is 0.356 e. The van der Waals surface area contributed by atoms with E-state index in [-0.39, 0.29) is 5.69 Å². The molecule has 0 aliphatic heterocycles. The highest BCUT2D eigenvalue weighted by atomic mass is 16.4. The van der Waals surface area contributed by atoms with E-state index in [0.717, 1.165) is 5.56 Å². The lowest BCUT2D eigenvalue weighted by Gasteiger charge is -2.10. The normalized spacial score (nSPS) is 10.1. The van der Waals surface area contributed by atoms with E-state index < -0.39 is 5.97 Å². The van der Waals surface area contributed by atoms with E-state index in [0.29, 0.717) is 12.2 Å². The number of hydrogen-bond donors (Lipinski definition) is 2. The van der Waals surface area contributed by atoms with Crippen LogP contribution >= 0.6 is 0 Å². The molecule has 2 aromatic rings. The highest BCUT2D eigenvalue weighted by Crippen LogP contribution is 2.15. The fourth-order valence-electron chi connectivity index (χ4n) is 1.72. The first-order valence-corrected chi connectivity index (χ1v) is 5.65. The minimum Gasteiger partial charge on any atom is -0.476 e. The molecule has 18 heavy (non-hydrogen) atoms. The lowest BCUT2D eigenvalue weighted by Crippen LogP contribution is -2.08. The largest absolute Gasteiger partial charge is 0.476 e. The summed E-state index contributed by atoms with van der Waals surface area (Å²) in [5, 5.41) is 12.1. The number of benzene rings is 1. The molecule has 0 aliphatic carbocycles. The monoisotopic (exact) mass is 242 g/mol. The minimum atomic E-state index is -1.03. The molecule has 0 saturated heterocycles. The van der Waals surface area contributed by atoms with Crippen LogP contribution in [0.25, 0.3) is 0 Å². The van der Waals surface area contributed by atoms with E-state index in [2.05, 4.69) is 10.3 Å². The number of pyridine rings is 1. The summed E-state index contributed by atoms with van der Waals surface area (Å²) in [6, 6.07) is 11.4. The van der Waals surface area contributed by atoms with Crippen LogP contribution in [0.3, 0.4) is 0 Å². The Bertz CT molecular complexity index is 567. The second kappa shape index (κ2) is 5.31. The van der Waals surface area contributed by atoms with E-state index in [1.165, 1.54) is 11.8 Å². The van der Waals surface area contributed by atoms with Crippen molar-refractivity contribution < 1.29 is 9.90 Å². The molecule has 0 aliphatic rings. The van der Waals surface area contributed by atoms with Crippen LogP contribution in [0.15, 0.2) is 42.6 Å². The first kappa shape index (κ1) is 12.1. The molecule has 2 N–H and O–H groups in total. The molecule has 0 saturated carbocycles. The zero-order chi connectivity index (χ0) is 13.0. The summed E-state index contributed by atoms with van der Waals surface area (Å²) in [5.41, 5.74) is 2.89. The molecule has 4 nitrogen and oxygen atoms in total. The third-order valence-corrected chi connectivity index (χ3v) is 2.74. The summed E-state index contributed by atoms with van der Waals surface area (Å²) < 4.78 is 0. The summed E-state index contributed by atoms with van der Waals surface area (Å²) in [4.78, 5) is 14.8. The van der Waals surface area contributed by atoms with Crippen LogP contribution in [0.4, 0.5) is 5.69 Å². The summed E-state index contributed by atoms with van der Waals surface area (Å²) in [6.07, 6.45) is 1.47. The van der Waals surface area contributed by atoms with Gasteiger partial charge >= 0.3 is 5.97 Å². The lowest BCUT2D eigenvalue weighted by molar-refractivity contribution is 0.0691. The summed E-state index contributed by atoms with van der Waals surface area (Å²) >= 11 is 0. The average Bonchev–Trinajstić information content (AvgIpc) is 2.38. The van der Waals surface area contributed by atoms with Crippen molar-refractivity contribution in [3.05, 3.63) is 59.4 Å². The van der Waals surface area contributed by atoms with Crippen LogP contribution in [0.2, 0.25) is 0 Å². The average molecular weight is 242 g/mol. The lowest BCUT2D eigenvalue weighted by atomic mass is 10.1. The van der Waals surface area contributed by atoms with Crippen molar-refractivity contribution in [2.45, 2.75) is 13.5 Å². The summed E-state index contributed by atoms with van der Waals surface area (Å²) in [6.45, 7) is 2.61. The van der Waals surface area contributed by atoms with Gasteiger partial charge in [0.2, 0.25) is 0 Å². The number of carboxylic acids is 1. The first-order valence-electron chi connectivity index (χ1n) is 5.65. The maximum atomic E-state index is 11.0. The van der Waals surface area contributed by atoms with Gasteiger partial charge in [0.05, 0.1) is 5.69 Å². The zero-order valence-electron chi connectivity index (χ0n) is 10.1. The second-order valence-corrected chi connectivity index (χ2v) is 3.98. The van der Waals surface area contributed by atoms with Crippen LogP contribution in [0, 0.1) is 6.92 Å². The van der Waals surface area contributed by atoms with Gasteiger partial charge in [-0.15, -0.1) is 0 Å². The number of aromatic carboxylic acids is 1. The molecule has 0 fully saturated rings. The quantitative estimate of drug-likeness (QED) is 0.865. The molecule has 0 spiro atoms.